The summed E-state index contributed by atoms with van der Waals surface area (Å²) in [5.74, 6) is -0.212. The topological polar surface area (TPSA) is 103 Å². The maximum absolute atomic E-state index is 14.5. The fraction of sp³-hybridized carbons (Fsp3) is 0.467. The molecule has 1 fully saturated rings. The molecule has 224 valence electrons. The summed E-state index contributed by atoms with van der Waals surface area (Å²) in [6.45, 7) is 5.68. The smallest absolute Gasteiger partial charge is 0.420 e. The van der Waals surface area contributed by atoms with Crippen LogP contribution in [0.2, 0.25) is 0 Å². The van der Waals surface area contributed by atoms with E-state index in [9.17, 15) is 18.0 Å². The van der Waals surface area contributed by atoms with Gasteiger partial charge >= 0.3 is 12.3 Å². The van der Waals surface area contributed by atoms with Crippen LogP contribution in [0.15, 0.2) is 53.0 Å². The molecule has 1 amide bonds. The van der Waals surface area contributed by atoms with Crippen LogP contribution in [0.4, 0.5) is 29.5 Å². The average molecular weight is 586 g/mol. The van der Waals surface area contributed by atoms with Crippen LogP contribution in [-0.4, -0.2) is 39.5 Å². The minimum absolute atomic E-state index is 0.0809. The van der Waals surface area contributed by atoms with Gasteiger partial charge in [0.15, 0.2) is 5.69 Å². The number of aromatic nitrogens is 3. The van der Waals surface area contributed by atoms with Crippen LogP contribution in [0.3, 0.4) is 0 Å². The van der Waals surface area contributed by atoms with Gasteiger partial charge in [0.1, 0.15) is 23.1 Å². The number of ether oxygens (including phenoxy) is 2. The maximum Gasteiger partial charge on any atom is 0.420 e. The molecular formula is C30H34F3N5O4. The van der Waals surface area contributed by atoms with Crippen molar-refractivity contribution in [3.63, 3.8) is 0 Å². The van der Waals surface area contributed by atoms with Gasteiger partial charge in [0.05, 0.1) is 12.3 Å². The predicted octanol–water partition coefficient (Wildman–Crippen LogP) is 7.46. The first-order valence-corrected chi connectivity index (χ1v) is 14.0. The number of nitrogens with one attached hydrogen (secondary N) is 1. The zero-order chi connectivity index (χ0) is 29.9. The number of anilines is 2. The van der Waals surface area contributed by atoms with Crippen LogP contribution in [0.25, 0.3) is 11.6 Å². The highest BCUT2D eigenvalue weighted by molar-refractivity contribution is 5.90. The van der Waals surface area contributed by atoms with Gasteiger partial charge in [-0.2, -0.15) is 13.2 Å². The van der Waals surface area contributed by atoms with Crippen molar-refractivity contribution in [1.29, 1.82) is 0 Å². The molecule has 0 saturated carbocycles. The zero-order valence-corrected chi connectivity index (χ0v) is 23.8. The van der Waals surface area contributed by atoms with E-state index in [2.05, 4.69) is 20.5 Å². The van der Waals surface area contributed by atoms with Crippen molar-refractivity contribution >= 4 is 17.6 Å². The molecule has 2 aliphatic heterocycles. The first-order valence-electron chi connectivity index (χ1n) is 14.0. The second-order valence-corrected chi connectivity index (χ2v) is 11.4. The number of amides is 1. The van der Waals surface area contributed by atoms with Crippen molar-refractivity contribution in [3.8, 4) is 11.6 Å². The van der Waals surface area contributed by atoms with E-state index in [0.717, 1.165) is 24.5 Å². The molecule has 12 heteroatoms. The summed E-state index contributed by atoms with van der Waals surface area (Å²) in [4.78, 5) is 18.8. The Balaban J connectivity index is 1.59. The number of fused-ring (bicyclic) bond motifs is 7. The lowest BCUT2D eigenvalue weighted by molar-refractivity contribution is -0.137. The molecule has 42 heavy (non-hydrogen) atoms. The number of nitrogens with zero attached hydrogens (tertiary/aromatic N) is 4. The van der Waals surface area contributed by atoms with Crippen molar-refractivity contribution in [2.24, 2.45) is 0 Å². The van der Waals surface area contributed by atoms with Crippen LogP contribution in [0, 0.1) is 0 Å². The van der Waals surface area contributed by atoms with Gasteiger partial charge in [-0.25, -0.2) is 9.78 Å². The molecule has 0 aliphatic carbocycles. The second-order valence-electron chi connectivity index (χ2n) is 11.4. The summed E-state index contributed by atoms with van der Waals surface area (Å²) in [5, 5.41) is 10.8. The SMILES string of the molecule is CC(C)(C)OC(=O)Nc1cc(C(F)(F)F)c2nc1-c1nnc(o1)C(OCc1ccccc1)CC/C=C\C[C@@H]1CCCN21. The van der Waals surface area contributed by atoms with E-state index in [1.165, 1.54) is 0 Å². The minimum Gasteiger partial charge on any atom is -0.444 e. The predicted molar refractivity (Wildman–Crippen MR) is 150 cm³/mol. The van der Waals surface area contributed by atoms with Gasteiger partial charge in [-0.15, -0.1) is 10.2 Å². The van der Waals surface area contributed by atoms with E-state index in [4.69, 9.17) is 13.9 Å². The third-order valence-electron chi connectivity index (χ3n) is 6.98. The first-order chi connectivity index (χ1) is 20.0. The number of pyridine rings is 1. The Hall–Kier alpha value is -3.93. The summed E-state index contributed by atoms with van der Waals surface area (Å²) >= 11 is 0. The molecular weight excluding hydrogens is 551 g/mol. The second kappa shape index (κ2) is 12.1. The Kier molecular flexibility index (Phi) is 8.53. The zero-order valence-electron chi connectivity index (χ0n) is 23.8. The highest BCUT2D eigenvalue weighted by Gasteiger charge is 2.40. The number of hydrogen-bond acceptors (Lipinski definition) is 8. The number of benzene rings is 1. The lowest BCUT2D eigenvalue weighted by atomic mass is 10.1. The van der Waals surface area contributed by atoms with Gasteiger partial charge in [0.2, 0.25) is 5.89 Å². The maximum atomic E-state index is 14.5. The number of carbonyl (C=O) groups excluding carboxylic acids is 1. The Labute approximate surface area is 242 Å². The fourth-order valence-electron chi connectivity index (χ4n) is 5.09. The number of alkyl halides is 3. The van der Waals surface area contributed by atoms with Gasteiger partial charge in [-0.3, -0.25) is 5.32 Å². The Morgan fingerprint density at radius 1 is 1.12 bits per heavy atom. The molecule has 9 nitrogen and oxygen atoms in total. The summed E-state index contributed by atoms with van der Waals surface area (Å²) in [7, 11) is 0. The Morgan fingerprint density at radius 3 is 2.64 bits per heavy atom. The molecule has 2 atom stereocenters. The van der Waals surface area contributed by atoms with Crippen molar-refractivity contribution in [1.82, 2.24) is 15.2 Å². The lowest BCUT2D eigenvalue weighted by Crippen LogP contribution is -2.32. The first kappa shape index (κ1) is 29.6. The van der Waals surface area contributed by atoms with Crippen LogP contribution in [-0.2, 0) is 22.3 Å². The molecule has 1 unspecified atom stereocenters. The van der Waals surface area contributed by atoms with E-state index in [0.29, 0.717) is 32.4 Å². The lowest BCUT2D eigenvalue weighted by Gasteiger charge is -2.29. The summed E-state index contributed by atoms with van der Waals surface area (Å²) < 4.78 is 60.9. The standard InChI is InChI=1S/C30H34F3N5O4/c1-29(2,3)42-28(39)34-22-17-21(30(31,32)33)25-35-24(22)27-37-36-26(41-27)23(40-18-19-11-6-4-7-12-19)15-9-5-8-13-20-14-10-16-38(20)25/h4-8,11-12,17,20,23H,9-10,13-16,18H2,1-3H3,(H,34,39)/b8-5-/t20-,23?/m1/s1. The summed E-state index contributed by atoms with van der Waals surface area (Å²) in [5.41, 5.74) is -1.21. The van der Waals surface area contributed by atoms with Crippen molar-refractivity contribution in [2.75, 3.05) is 16.8 Å². The molecule has 0 spiro atoms. The molecule has 5 rings (SSSR count). The number of rotatable bonds is 4. The normalized spacial score (nSPS) is 20.0. The molecule has 2 aromatic heterocycles. The van der Waals surface area contributed by atoms with E-state index in [-0.39, 0.29) is 35.0 Å². The molecule has 3 aromatic rings. The number of allylic oxidation sites excluding steroid dienone is 1. The Morgan fingerprint density at radius 2 is 1.90 bits per heavy atom. The highest BCUT2D eigenvalue weighted by Crippen LogP contribution is 2.43. The van der Waals surface area contributed by atoms with E-state index < -0.39 is 29.5 Å². The fourth-order valence-corrected chi connectivity index (χ4v) is 5.09. The van der Waals surface area contributed by atoms with Crippen LogP contribution >= 0.6 is 0 Å². The summed E-state index contributed by atoms with van der Waals surface area (Å²) in [6, 6.07) is 10.3. The molecule has 4 heterocycles. The molecule has 1 aromatic carbocycles. The van der Waals surface area contributed by atoms with Crippen molar-refractivity contribution in [3.05, 3.63) is 65.6 Å². The third-order valence-corrected chi connectivity index (χ3v) is 6.98. The third kappa shape index (κ3) is 7.10. The van der Waals surface area contributed by atoms with Crippen LogP contribution in [0.1, 0.15) is 76.0 Å². The van der Waals surface area contributed by atoms with Gasteiger partial charge in [-0.1, -0.05) is 42.5 Å². The van der Waals surface area contributed by atoms with E-state index in [1.54, 1.807) is 25.7 Å². The number of carbonyl (C=O) groups is 1. The van der Waals surface area contributed by atoms with E-state index in [1.807, 2.05) is 42.5 Å². The Bertz CT molecular complexity index is 1420. The van der Waals surface area contributed by atoms with Crippen LogP contribution in [0.5, 0.6) is 0 Å². The quantitative estimate of drug-likeness (QED) is 0.315. The van der Waals surface area contributed by atoms with Crippen molar-refractivity contribution in [2.45, 2.75) is 83.4 Å². The average Bonchev–Trinajstić information content (AvgIpc) is 3.59. The molecule has 1 saturated heterocycles. The van der Waals surface area contributed by atoms with Gasteiger partial charge in [0.25, 0.3) is 5.89 Å². The molecule has 4 bridgehead atoms. The largest absolute Gasteiger partial charge is 0.444 e. The monoisotopic (exact) mass is 585 g/mol. The van der Waals surface area contributed by atoms with Crippen molar-refractivity contribution < 1.29 is 31.9 Å². The van der Waals surface area contributed by atoms with Gasteiger partial charge in [0, 0.05) is 12.6 Å². The minimum atomic E-state index is -4.74. The van der Waals surface area contributed by atoms with Crippen LogP contribution < -0.4 is 10.2 Å². The molecule has 0 radical (unpaired) electrons. The number of halogens is 3. The summed E-state index contributed by atoms with van der Waals surface area (Å²) in [6.07, 6.45) is 0.975. The van der Waals surface area contributed by atoms with Gasteiger partial charge in [-0.05, 0) is 64.5 Å². The molecule has 1 N–H and O–H groups in total. The number of hydrogen-bond donors (Lipinski definition) is 1. The highest BCUT2D eigenvalue weighted by atomic mass is 19.4. The van der Waals surface area contributed by atoms with Gasteiger partial charge < -0.3 is 18.8 Å². The molecule has 2 aliphatic rings. The van der Waals surface area contributed by atoms with E-state index >= 15 is 0 Å².